The van der Waals surface area contributed by atoms with Crippen molar-refractivity contribution in [3.8, 4) is 0 Å². The molecule has 2 fully saturated rings. The summed E-state index contributed by atoms with van der Waals surface area (Å²) in [4.78, 5) is 7.15. The van der Waals surface area contributed by atoms with Crippen LogP contribution in [-0.4, -0.2) is 41.1 Å². The molecule has 1 unspecified atom stereocenters. The van der Waals surface area contributed by atoms with Gasteiger partial charge in [0.05, 0.1) is 5.69 Å². The largest absolute Gasteiger partial charge is 0.355 e. The van der Waals surface area contributed by atoms with Gasteiger partial charge in [0.15, 0.2) is 0 Å². The first-order chi connectivity index (χ1) is 9.72. The van der Waals surface area contributed by atoms with Crippen molar-refractivity contribution in [2.75, 3.05) is 32.0 Å². The maximum atomic E-state index is 4.70. The van der Waals surface area contributed by atoms with Gasteiger partial charge in [-0.3, -0.25) is 0 Å². The predicted octanol–water partition coefficient (Wildman–Crippen LogP) is 3.06. The van der Waals surface area contributed by atoms with Crippen molar-refractivity contribution in [2.45, 2.75) is 51.5 Å². The van der Waals surface area contributed by atoms with Gasteiger partial charge in [0.1, 0.15) is 0 Å². The summed E-state index contributed by atoms with van der Waals surface area (Å²) < 4.78 is 2.40. The molecule has 1 aliphatic heterocycles. The molecule has 1 aromatic heterocycles. The quantitative estimate of drug-likeness (QED) is 0.917. The summed E-state index contributed by atoms with van der Waals surface area (Å²) in [7, 11) is 2.23. The molecule has 0 spiro atoms. The smallest absolute Gasteiger partial charge is 0.203 e. The van der Waals surface area contributed by atoms with E-state index in [-0.39, 0.29) is 0 Å². The molecule has 4 heteroatoms. The van der Waals surface area contributed by atoms with Crippen LogP contribution in [0.3, 0.4) is 0 Å². The minimum atomic E-state index is 0.674. The summed E-state index contributed by atoms with van der Waals surface area (Å²) >= 11 is 0. The van der Waals surface area contributed by atoms with Crippen LogP contribution < -0.4 is 5.32 Å². The SMILES string of the molecule is Cc1cn(C2CCCC2)c(NCC2CCCN(C)C2)n1. The Labute approximate surface area is 122 Å². The van der Waals surface area contributed by atoms with E-state index in [1.807, 2.05) is 0 Å². The van der Waals surface area contributed by atoms with Crippen molar-refractivity contribution in [3.63, 3.8) is 0 Å². The number of nitrogens with zero attached hydrogens (tertiary/aromatic N) is 3. The third-order valence-corrected chi connectivity index (χ3v) is 4.84. The molecule has 1 atom stereocenters. The fourth-order valence-electron chi connectivity index (χ4n) is 3.78. The van der Waals surface area contributed by atoms with Crippen molar-refractivity contribution in [2.24, 2.45) is 5.92 Å². The molecule has 0 amide bonds. The summed E-state index contributed by atoms with van der Waals surface area (Å²) in [5, 5.41) is 3.63. The van der Waals surface area contributed by atoms with Gasteiger partial charge in [0.25, 0.3) is 0 Å². The van der Waals surface area contributed by atoms with E-state index in [1.54, 1.807) is 0 Å². The van der Waals surface area contributed by atoms with Crippen LogP contribution in [0.1, 0.15) is 50.3 Å². The maximum absolute atomic E-state index is 4.70. The summed E-state index contributed by atoms with van der Waals surface area (Å²) in [5.74, 6) is 1.87. The van der Waals surface area contributed by atoms with E-state index in [0.29, 0.717) is 6.04 Å². The fourth-order valence-corrected chi connectivity index (χ4v) is 3.78. The molecular weight excluding hydrogens is 248 g/mol. The lowest BCUT2D eigenvalue weighted by atomic mass is 9.99. The maximum Gasteiger partial charge on any atom is 0.203 e. The molecule has 1 aromatic rings. The first kappa shape index (κ1) is 13.9. The molecule has 0 bridgehead atoms. The number of rotatable bonds is 4. The number of aromatic nitrogens is 2. The van der Waals surface area contributed by atoms with Crippen molar-refractivity contribution < 1.29 is 0 Å². The van der Waals surface area contributed by atoms with Crippen molar-refractivity contribution in [1.82, 2.24) is 14.5 Å². The van der Waals surface area contributed by atoms with Crippen LogP contribution in [0.4, 0.5) is 5.95 Å². The molecule has 2 heterocycles. The van der Waals surface area contributed by atoms with Crippen molar-refractivity contribution in [1.29, 1.82) is 0 Å². The van der Waals surface area contributed by atoms with E-state index in [1.165, 1.54) is 51.6 Å². The normalized spacial score (nSPS) is 25.2. The monoisotopic (exact) mass is 276 g/mol. The minimum absolute atomic E-state index is 0.674. The Morgan fingerprint density at radius 1 is 1.25 bits per heavy atom. The molecule has 1 aliphatic carbocycles. The van der Waals surface area contributed by atoms with Crippen LogP contribution in [0.25, 0.3) is 0 Å². The molecule has 1 N–H and O–H groups in total. The Kier molecular flexibility index (Phi) is 4.29. The highest BCUT2D eigenvalue weighted by Gasteiger charge is 2.21. The fraction of sp³-hybridized carbons (Fsp3) is 0.812. The van der Waals surface area contributed by atoms with Gasteiger partial charge in [-0.15, -0.1) is 0 Å². The number of nitrogens with one attached hydrogen (secondary N) is 1. The third-order valence-electron chi connectivity index (χ3n) is 4.84. The molecule has 1 saturated carbocycles. The van der Waals surface area contributed by atoms with Gasteiger partial charge in [-0.25, -0.2) is 4.98 Å². The Hall–Kier alpha value is -1.03. The summed E-state index contributed by atoms with van der Waals surface area (Å²) in [5.41, 5.74) is 1.14. The standard InChI is InChI=1S/C16H28N4/c1-13-11-20(15-7-3-4-8-15)16(18-13)17-10-14-6-5-9-19(2)12-14/h11,14-15H,3-10,12H2,1-2H3,(H,17,18). The number of hydrogen-bond donors (Lipinski definition) is 1. The number of likely N-dealkylation sites (tertiary alicyclic amines) is 1. The average molecular weight is 276 g/mol. The zero-order valence-corrected chi connectivity index (χ0v) is 12.9. The van der Waals surface area contributed by atoms with Gasteiger partial charge in [-0.2, -0.15) is 0 Å². The van der Waals surface area contributed by atoms with E-state index in [0.717, 1.165) is 24.1 Å². The molecule has 0 aromatic carbocycles. The number of aryl methyl sites for hydroxylation is 1. The lowest BCUT2D eigenvalue weighted by molar-refractivity contribution is 0.217. The lowest BCUT2D eigenvalue weighted by Gasteiger charge is -2.30. The molecule has 0 radical (unpaired) electrons. The Bertz CT molecular complexity index is 434. The van der Waals surface area contributed by atoms with Gasteiger partial charge in [0.2, 0.25) is 5.95 Å². The third kappa shape index (κ3) is 3.17. The topological polar surface area (TPSA) is 33.1 Å². The molecule has 3 rings (SSSR count). The molecule has 4 nitrogen and oxygen atoms in total. The summed E-state index contributed by atoms with van der Waals surface area (Å²) in [6.07, 6.45) is 10.3. The molecule has 112 valence electrons. The van der Waals surface area contributed by atoms with Crippen LogP contribution in [0.5, 0.6) is 0 Å². The Morgan fingerprint density at radius 2 is 2.05 bits per heavy atom. The van der Waals surface area contributed by atoms with Crippen LogP contribution in [0.2, 0.25) is 0 Å². The van der Waals surface area contributed by atoms with Gasteiger partial charge in [-0.1, -0.05) is 12.8 Å². The first-order valence-electron chi connectivity index (χ1n) is 8.20. The average Bonchev–Trinajstić information content (AvgIpc) is 3.05. The number of hydrogen-bond acceptors (Lipinski definition) is 3. The highest BCUT2D eigenvalue weighted by molar-refractivity contribution is 5.30. The van der Waals surface area contributed by atoms with Gasteiger partial charge < -0.3 is 14.8 Å². The second-order valence-corrected chi connectivity index (χ2v) is 6.70. The second kappa shape index (κ2) is 6.17. The Morgan fingerprint density at radius 3 is 2.80 bits per heavy atom. The molecule has 1 saturated heterocycles. The molecular formula is C16H28N4. The predicted molar refractivity (Wildman–Crippen MR) is 83.2 cm³/mol. The number of piperidine rings is 1. The first-order valence-corrected chi connectivity index (χ1v) is 8.20. The number of anilines is 1. The lowest BCUT2D eigenvalue weighted by Crippen LogP contribution is -2.35. The van der Waals surface area contributed by atoms with E-state index in [9.17, 15) is 0 Å². The summed E-state index contributed by atoms with van der Waals surface area (Å²) in [6, 6.07) is 0.674. The van der Waals surface area contributed by atoms with Crippen LogP contribution in [0, 0.1) is 12.8 Å². The van der Waals surface area contributed by atoms with Gasteiger partial charge in [-0.05, 0) is 52.1 Å². The van der Waals surface area contributed by atoms with E-state index >= 15 is 0 Å². The zero-order valence-electron chi connectivity index (χ0n) is 12.9. The number of imidazole rings is 1. The summed E-state index contributed by atoms with van der Waals surface area (Å²) in [6.45, 7) is 5.64. The van der Waals surface area contributed by atoms with E-state index in [2.05, 4.69) is 35.0 Å². The Balaban J connectivity index is 1.61. The zero-order chi connectivity index (χ0) is 13.9. The van der Waals surface area contributed by atoms with Crippen molar-refractivity contribution in [3.05, 3.63) is 11.9 Å². The van der Waals surface area contributed by atoms with Gasteiger partial charge >= 0.3 is 0 Å². The van der Waals surface area contributed by atoms with Crippen LogP contribution >= 0.6 is 0 Å². The van der Waals surface area contributed by atoms with Crippen LogP contribution in [0.15, 0.2) is 6.20 Å². The van der Waals surface area contributed by atoms with Crippen LogP contribution in [-0.2, 0) is 0 Å². The molecule has 20 heavy (non-hydrogen) atoms. The molecule has 2 aliphatic rings. The highest BCUT2D eigenvalue weighted by atomic mass is 15.2. The highest BCUT2D eigenvalue weighted by Crippen LogP contribution is 2.32. The second-order valence-electron chi connectivity index (χ2n) is 6.70. The van der Waals surface area contributed by atoms with E-state index < -0.39 is 0 Å². The minimum Gasteiger partial charge on any atom is -0.355 e. The van der Waals surface area contributed by atoms with Gasteiger partial charge in [0, 0.05) is 25.3 Å². The van der Waals surface area contributed by atoms with Crippen molar-refractivity contribution >= 4 is 5.95 Å². The van der Waals surface area contributed by atoms with E-state index in [4.69, 9.17) is 4.98 Å².